The van der Waals surface area contributed by atoms with Crippen LogP contribution in [-0.4, -0.2) is 32.8 Å². The molecule has 0 unspecified atom stereocenters. The molecule has 2 N–H and O–H groups in total. The first-order valence-corrected chi connectivity index (χ1v) is 9.06. The van der Waals surface area contributed by atoms with Gasteiger partial charge in [0.2, 0.25) is 10.8 Å². The molecule has 5 nitrogen and oxygen atoms in total. The summed E-state index contributed by atoms with van der Waals surface area (Å²) in [7, 11) is 0. The van der Waals surface area contributed by atoms with Crippen LogP contribution in [0.4, 0.5) is 0 Å². The average Bonchev–Trinajstić information content (AvgIpc) is 3.29. The molecule has 6 heteroatoms. The molecule has 0 aliphatic carbocycles. The van der Waals surface area contributed by atoms with E-state index < -0.39 is 0 Å². The minimum atomic E-state index is 0.164. The fourth-order valence-electron chi connectivity index (χ4n) is 3.46. The van der Waals surface area contributed by atoms with Crippen molar-refractivity contribution in [1.29, 1.82) is 0 Å². The standard InChI is InChI=1S/C17H20N4OS/c1-2-13-18-17-21(19-13)16(22)15(23-17)14(20-10-6-7-11-20)12-8-4-3-5-9-12/h3-5,8-9,14,22H,2,6-7,10-11H2,1H3/p+1/t14-/m0/s1. The number of fused-ring (bicyclic) bond motifs is 1. The number of aryl methyl sites for hydroxylation is 1. The lowest BCUT2D eigenvalue weighted by molar-refractivity contribution is -0.913. The molecule has 1 saturated heterocycles. The van der Waals surface area contributed by atoms with Crippen molar-refractivity contribution in [2.75, 3.05) is 13.1 Å². The molecule has 1 atom stereocenters. The van der Waals surface area contributed by atoms with Crippen molar-refractivity contribution in [1.82, 2.24) is 14.6 Å². The number of thiazole rings is 1. The lowest BCUT2D eigenvalue weighted by atomic mass is 10.0. The molecule has 1 aliphatic rings. The molecule has 0 spiro atoms. The Kier molecular flexibility index (Phi) is 3.79. The van der Waals surface area contributed by atoms with Crippen LogP contribution in [-0.2, 0) is 6.42 Å². The minimum Gasteiger partial charge on any atom is -0.492 e. The number of benzene rings is 1. The highest BCUT2D eigenvalue weighted by Crippen LogP contribution is 2.35. The van der Waals surface area contributed by atoms with Gasteiger partial charge in [0.15, 0.2) is 11.9 Å². The normalized spacial score (nSPS) is 17.1. The third-order valence-corrected chi connectivity index (χ3v) is 5.69. The van der Waals surface area contributed by atoms with Gasteiger partial charge in [0.05, 0.1) is 13.1 Å². The lowest BCUT2D eigenvalue weighted by Crippen LogP contribution is -3.10. The average molecular weight is 329 g/mol. The molecule has 1 aromatic carbocycles. The van der Waals surface area contributed by atoms with Crippen LogP contribution in [0.5, 0.6) is 5.88 Å². The molecule has 3 aromatic rings. The predicted octanol–water partition coefficient (Wildman–Crippen LogP) is 1.83. The number of nitrogens with one attached hydrogen (secondary N) is 1. The maximum Gasteiger partial charge on any atom is 0.235 e. The van der Waals surface area contributed by atoms with Crippen molar-refractivity contribution < 1.29 is 10.0 Å². The van der Waals surface area contributed by atoms with E-state index in [1.165, 1.54) is 23.3 Å². The summed E-state index contributed by atoms with van der Waals surface area (Å²) in [6.07, 6.45) is 3.28. The first-order chi connectivity index (χ1) is 11.3. The van der Waals surface area contributed by atoms with Gasteiger partial charge in [-0.3, -0.25) is 0 Å². The van der Waals surface area contributed by atoms with E-state index in [9.17, 15) is 5.11 Å². The van der Waals surface area contributed by atoms with Crippen molar-refractivity contribution in [3.05, 3.63) is 46.6 Å². The molecule has 0 radical (unpaired) electrons. The molecule has 23 heavy (non-hydrogen) atoms. The van der Waals surface area contributed by atoms with E-state index >= 15 is 0 Å². The van der Waals surface area contributed by atoms with Crippen LogP contribution in [0.15, 0.2) is 30.3 Å². The van der Waals surface area contributed by atoms with Crippen molar-refractivity contribution in [3.8, 4) is 5.88 Å². The molecule has 3 heterocycles. The number of hydrogen-bond acceptors (Lipinski definition) is 4. The van der Waals surface area contributed by atoms with Crippen molar-refractivity contribution >= 4 is 16.3 Å². The molecule has 2 aromatic heterocycles. The molecule has 120 valence electrons. The second kappa shape index (κ2) is 5.94. The summed E-state index contributed by atoms with van der Waals surface area (Å²) in [4.78, 5) is 7.80. The van der Waals surface area contributed by atoms with Crippen molar-refractivity contribution in [3.63, 3.8) is 0 Å². The SMILES string of the molecule is CCc1nc2sc([C@H](c3ccccc3)[NH+]3CCCC3)c(O)n2n1. The summed E-state index contributed by atoms with van der Waals surface area (Å²) in [5, 5.41) is 15.2. The van der Waals surface area contributed by atoms with Gasteiger partial charge in [0.1, 0.15) is 4.88 Å². The third kappa shape index (κ3) is 2.52. The largest absolute Gasteiger partial charge is 0.492 e. The highest BCUT2D eigenvalue weighted by atomic mass is 32.1. The highest BCUT2D eigenvalue weighted by molar-refractivity contribution is 7.17. The number of hydrogen-bond donors (Lipinski definition) is 2. The van der Waals surface area contributed by atoms with Crippen LogP contribution in [0.25, 0.3) is 4.96 Å². The number of nitrogens with zero attached hydrogens (tertiary/aromatic N) is 3. The summed E-state index contributed by atoms with van der Waals surface area (Å²) in [5.41, 5.74) is 1.25. The van der Waals surface area contributed by atoms with E-state index in [1.54, 1.807) is 15.9 Å². The van der Waals surface area contributed by atoms with E-state index in [2.05, 4.69) is 34.3 Å². The van der Waals surface area contributed by atoms with Crippen LogP contribution in [0.2, 0.25) is 0 Å². The Labute approximate surface area is 139 Å². The van der Waals surface area contributed by atoms with Gasteiger partial charge in [0.25, 0.3) is 0 Å². The van der Waals surface area contributed by atoms with Crippen LogP contribution in [0, 0.1) is 0 Å². The van der Waals surface area contributed by atoms with E-state index in [0.717, 1.165) is 35.2 Å². The van der Waals surface area contributed by atoms with Gasteiger partial charge in [-0.15, -0.1) is 5.10 Å². The second-order valence-electron chi connectivity index (χ2n) is 6.07. The Morgan fingerprint density at radius 3 is 2.65 bits per heavy atom. The summed E-state index contributed by atoms with van der Waals surface area (Å²) in [6, 6.07) is 10.7. The van der Waals surface area contributed by atoms with Crippen molar-refractivity contribution in [2.24, 2.45) is 0 Å². The van der Waals surface area contributed by atoms with Gasteiger partial charge >= 0.3 is 0 Å². The third-order valence-electron chi connectivity index (χ3n) is 4.61. The molecular formula is C17H21N4OS+. The zero-order chi connectivity index (χ0) is 15.8. The Hall–Kier alpha value is -1.92. The highest BCUT2D eigenvalue weighted by Gasteiger charge is 2.34. The zero-order valence-corrected chi connectivity index (χ0v) is 14.0. The van der Waals surface area contributed by atoms with Gasteiger partial charge in [0, 0.05) is 24.8 Å². The van der Waals surface area contributed by atoms with Gasteiger partial charge in [-0.25, -0.2) is 4.98 Å². The Bertz CT molecular complexity index is 805. The molecular weight excluding hydrogens is 308 g/mol. The molecule has 1 fully saturated rings. The zero-order valence-electron chi connectivity index (χ0n) is 13.2. The predicted molar refractivity (Wildman–Crippen MR) is 90.1 cm³/mol. The Balaban J connectivity index is 1.82. The summed E-state index contributed by atoms with van der Waals surface area (Å²) >= 11 is 1.57. The molecule has 4 rings (SSSR count). The van der Waals surface area contributed by atoms with Gasteiger partial charge < -0.3 is 10.0 Å². The minimum absolute atomic E-state index is 0.164. The Morgan fingerprint density at radius 1 is 1.26 bits per heavy atom. The quantitative estimate of drug-likeness (QED) is 0.768. The Morgan fingerprint density at radius 2 is 2.00 bits per heavy atom. The van der Waals surface area contributed by atoms with Crippen LogP contribution in [0.1, 0.15) is 42.1 Å². The maximum atomic E-state index is 10.7. The number of aromatic nitrogens is 3. The van der Waals surface area contributed by atoms with E-state index in [-0.39, 0.29) is 11.9 Å². The number of likely N-dealkylation sites (tertiary alicyclic amines) is 1. The number of rotatable bonds is 4. The van der Waals surface area contributed by atoms with Crippen LogP contribution in [0.3, 0.4) is 0 Å². The monoisotopic (exact) mass is 329 g/mol. The number of aromatic hydroxyl groups is 1. The second-order valence-corrected chi connectivity index (χ2v) is 7.08. The fourth-order valence-corrected chi connectivity index (χ4v) is 4.62. The molecule has 1 aliphatic heterocycles. The number of quaternary nitrogens is 1. The summed E-state index contributed by atoms with van der Waals surface area (Å²) in [6.45, 7) is 4.32. The van der Waals surface area contributed by atoms with E-state index in [4.69, 9.17) is 0 Å². The van der Waals surface area contributed by atoms with E-state index in [1.807, 2.05) is 13.0 Å². The molecule has 0 bridgehead atoms. The fraction of sp³-hybridized carbons (Fsp3) is 0.412. The smallest absolute Gasteiger partial charge is 0.235 e. The lowest BCUT2D eigenvalue weighted by Gasteiger charge is -2.23. The van der Waals surface area contributed by atoms with Gasteiger partial charge in [-0.1, -0.05) is 48.6 Å². The van der Waals surface area contributed by atoms with E-state index in [0.29, 0.717) is 0 Å². The molecule has 0 saturated carbocycles. The van der Waals surface area contributed by atoms with Gasteiger partial charge in [-0.05, 0) is 0 Å². The summed E-state index contributed by atoms with van der Waals surface area (Å²) < 4.78 is 1.60. The van der Waals surface area contributed by atoms with Crippen molar-refractivity contribution in [2.45, 2.75) is 32.2 Å². The maximum absolute atomic E-state index is 10.7. The molecule has 0 amide bonds. The first kappa shape index (κ1) is 14.7. The van der Waals surface area contributed by atoms with Crippen LogP contribution < -0.4 is 4.90 Å². The topological polar surface area (TPSA) is 54.9 Å². The summed E-state index contributed by atoms with van der Waals surface area (Å²) in [5.74, 6) is 1.04. The van der Waals surface area contributed by atoms with Gasteiger partial charge in [-0.2, -0.15) is 4.52 Å². The first-order valence-electron chi connectivity index (χ1n) is 8.24. The van der Waals surface area contributed by atoms with Crippen LogP contribution >= 0.6 is 11.3 Å².